The Labute approximate surface area is 132 Å². The Balaban J connectivity index is 2.14. The summed E-state index contributed by atoms with van der Waals surface area (Å²) >= 11 is 2.24. The fourth-order valence-electron chi connectivity index (χ4n) is 2.05. The molecule has 1 heterocycles. The monoisotopic (exact) mass is 386 g/mol. The summed E-state index contributed by atoms with van der Waals surface area (Å²) in [6, 6.07) is 5.98. The molecule has 0 aliphatic carbocycles. The van der Waals surface area contributed by atoms with Crippen molar-refractivity contribution >= 4 is 45.5 Å². The number of aromatic nitrogens is 2. The Morgan fingerprint density at radius 2 is 2.15 bits per heavy atom. The van der Waals surface area contributed by atoms with Crippen molar-refractivity contribution in [3.05, 3.63) is 21.8 Å². The third-order valence-electron chi connectivity index (χ3n) is 2.82. The molecule has 0 aliphatic rings. The van der Waals surface area contributed by atoms with E-state index in [2.05, 4.69) is 32.9 Å². The predicted octanol–water partition coefficient (Wildman–Crippen LogP) is 2.53. The second-order valence-electron chi connectivity index (χ2n) is 5.80. The summed E-state index contributed by atoms with van der Waals surface area (Å²) in [6.07, 6.45) is 0.388. The average molecular weight is 386 g/mol. The van der Waals surface area contributed by atoms with Crippen molar-refractivity contribution in [1.82, 2.24) is 14.9 Å². The van der Waals surface area contributed by atoms with Gasteiger partial charge in [-0.05, 0) is 61.6 Å². The highest BCUT2D eigenvalue weighted by molar-refractivity contribution is 14.1. The van der Waals surface area contributed by atoms with Crippen molar-refractivity contribution in [2.75, 3.05) is 5.73 Å². The van der Waals surface area contributed by atoms with Gasteiger partial charge in [0.1, 0.15) is 0 Å². The maximum absolute atomic E-state index is 11.9. The predicted molar refractivity (Wildman–Crippen MR) is 89.4 cm³/mol. The van der Waals surface area contributed by atoms with Crippen LogP contribution in [0.15, 0.2) is 18.2 Å². The lowest BCUT2D eigenvalue weighted by molar-refractivity contribution is -0.122. The lowest BCUT2D eigenvalue weighted by Crippen LogP contribution is -2.40. The fraction of sp³-hybridized carbons (Fsp3) is 0.429. The first kappa shape index (κ1) is 15.1. The number of hydrogen-bond donors (Lipinski definition) is 2. The SMILES string of the molecule is CC(C)(C)NC(=O)CCn1c(N)nc2cc(I)ccc21. The largest absolute Gasteiger partial charge is 0.369 e. The molecule has 5 nitrogen and oxygen atoms in total. The summed E-state index contributed by atoms with van der Waals surface area (Å²) in [4.78, 5) is 16.2. The number of amides is 1. The number of carbonyl (C=O) groups excluding carboxylic acids is 1. The molecule has 1 aromatic heterocycles. The van der Waals surface area contributed by atoms with Crippen LogP contribution in [0.5, 0.6) is 0 Å². The molecule has 0 bridgehead atoms. The smallest absolute Gasteiger partial charge is 0.222 e. The number of nitrogens with two attached hydrogens (primary N) is 1. The Hall–Kier alpha value is -1.31. The average Bonchev–Trinajstić information content (AvgIpc) is 2.59. The Morgan fingerprint density at radius 1 is 1.45 bits per heavy atom. The number of benzene rings is 1. The molecule has 0 aliphatic heterocycles. The molecule has 1 amide bonds. The van der Waals surface area contributed by atoms with E-state index in [-0.39, 0.29) is 11.4 Å². The van der Waals surface area contributed by atoms with Crippen molar-refractivity contribution in [2.45, 2.75) is 39.3 Å². The van der Waals surface area contributed by atoms with E-state index in [4.69, 9.17) is 5.73 Å². The quantitative estimate of drug-likeness (QED) is 0.797. The molecule has 108 valence electrons. The number of nitrogen functional groups attached to an aromatic ring is 1. The number of aryl methyl sites for hydroxylation is 1. The summed E-state index contributed by atoms with van der Waals surface area (Å²) < 4.78 is 3.00. The lowest BCUT2D eigenvalue weighted by Gasteiger charge is -2.20. The third kappa shape index (κ3) is 3.62. The van der Waals surface area contributed by atoms with E-state index < -0.39 is 0 Å². The van der Waals surface area contributed by atoms with Crippen LogP contribution in [0.25, 0.3) is 11.0 Å². The van der Waals surface area contributed by atoms with E-state index in [1.807, 2.05) is 43.5 Å². The van der Waals surface area contributed by atoms with E-state index in [9.17, 15) is 4.79 Å². The Bertz CT molecular complexity index is 642. The van der Waals surface area contributed by atoms with Crippen LogP contribution in [0.4, 0.5) is 5.95 Å². The molecule has 6 heteroatoms. The van der Waals surface area contributed by atoms with Crippen molar-refractivity contribution in [2.24, 2.45) is 0 Å². The number of anilines is 1. The van der Waals surface area contributed by atoms with Gasteiger partial charge >= 0.3 is 0 Å². The van der Waals surface area contributed by atoms with Crippen LogP contribution in [0.3, 0.4) is 0 Å². The highest BCUT2D eigenvalue weighted by Gasteiger charge is 2.15. The van der Waals surface area contributed by atoms with E-state index in [1.165, 1.54) is 0 Å². The van der Waals surface area contributed by atoms with Gasteiger partial charge in [0.05, 0.1) is 11.0 Å². The molecule has 0 saturated carbocycles. The maximum Gasteiger partial charge on any atom is 0.222 e. The number of nitrogens with one attached hydrogen (secondary N) is 1. The molecule has 0 fully saturated rings. The summed E-state index contributed by atoms with van der Waals surface area (Å²) in [5.74, 6) is 0.467. The third-order valence-corrected chi connectivity index (χ3v) is 3.49. The molecule has 0 unspecified atom stereocenters. The van der Waals surface area contributed by atoms with Crippen LogP contribution < -0.4 is 11.1 Å². The van der Waals surface area contributed by atoms with Gasteiger partial charge in [0.25, 0.3) is 0 Å². The first-order valence-electron chi connectivity index (χ1n) is 6.48. The second-order valence-corrected chi connectivity index (χ2v) is 7.05. The number of carbonyl (C=O) groups is 1. The molecule has 2 rings (SSSR count). The summed E-state index contributed by atoms with van der Waals surface area (Å²) in [6.45, 7) is 6.43. The highest BCUT2D eigenvalue weighted by Crippen LogP contribution is 2.20. The van der Waals surface area contributed by atoms with Gasteiger partial charge in [0, 0.05) is 22.1 Å². The minimum Gasteiger partial charge on any atom is -0.369 e. The highest BCUT2D eigenvalue weighted by atomic mass is 127. The van der Waals surface area contributed by atoms with Crippen molar-refractivity contribution in [3.8, 4) is 0 Å². The first-order valence-corrected chi connectivity index (χ1v) is 7.56. The summed E-state index contributed by atoms with van der Waals surface area (Å²) in [7, 11) is 0. The summed E-state index contributed by atoms with van der Waals surface area (Å²) in [5.41, 5.74) is 7.55. The fourth-order valence-corrected chi connectivity index (χ4v) is 2.53. The standard InChI is InChI=1S/C14H19IN4O/c1-14(2,3)18-12(20)6-7-19-11-5-4-9(15)8-10(11)17-13(19)16/h4-5,8H,6-7H2,1-3H3,(H2,16,17)(H,18,20). The van der Waals surface area contributed by atoms with Gasteiger partial charge in [-0.1, -0.05) is 0 Å². The van der Waals surface area contributed by atoms with Crippen LogP contribution in [0.2, 0.25) is 0 Å². The molecule has 3 N–H and O–H groups in total. The number of fused-ring (bicyclic) bond motifs is 1. The van der Waals surface area contributed by atoms with Crippen LogP contribution in [0.1, 0.15) is 27.2 Å². The van der Waals surface area contributed by atoms with Crippen LogP contribution in [-0.4, -0.2) is 21.0 Å². The molecule has 20 heavy (non-hydrogen) atoms. The van der Waals surface area contributed by atoms with Crippen molar-refractivity contribution < 1.29 is 4.79 Å². The number of nitrogens with zero attached hydrogens (tertiary/aromatic N) is 2. The first-order chi connectivity index (χ1) is 9.26. The van der Waals surface area contributed by atoms with Crippen LogP contribution in [-0.2, 0) is 11.3 Å². The zero-order chi connectivity index (χ0) is 14.9. The molecule has 0 saturated heterocycles. The van der Waals surface area contributed by atoms with E-state index in [1.54, 1.807) is 0 Å². The van der Waals surface area contributed by atoms with Gasteiger partial charge < -0.3 is 15.6 Å². The van der Waals surface area contributed by atoms with Gasteiger partial charge in [-0.2, -0.15) is 0 Å². The normalized spacial score (nSPS) is 11.8. The van der Waals surface area contributed by atoms with E-state index >= 15 is 0 Å². The number of hydrogen-bond acceptors (Lipinski definition) is 3. The number of rotatable bonds is 3. The van der Waals surface area contributed by atoms with Gasteiger partial charge in [0.2, 0.25) is 11.9 Å². The maximum atomic E-state index is 11.9. The van der Waals surface area contributed by atoms with E-state index in [0.29, 0.717) is 18.9 Å². The molecular formula is C14H19IN4O. The van der Waals surface area contributed by atoms with Crippen LogP contribution in [0, 0.1) is 3.57 Å². The molecular weight excluding hydrogens is 367 g/mol. The number of imidazole rings is 1. The lowest BCUT2D eigenvalue weighted by atomic mass is 10.1. The van der Waals surface area contributed by atoms with Gasteiger partial charge in [0.15, 0.2) is 0 Å². The topological polar surface area (TPSA) is 72.9 Å². The molecule has 1 aromatic carbocycles. The molecule has 0 atom stereocenters. The van der Waals surface area contributed by atoms with Gasteiger partial charge in [-0.15, -0.1) is 0 Å². The molecule has 0 spiro atoms. The van der Waals surface area contributed by atoms with Gasteiger partial charge in [-0.25, -0.2) is 4.98 Å². The molecule has 0 radical (unpaired) electrons. The van der Waals surface area contributed by atoms with Crippen LogP contribution >= 0.6 is 22.6 Å². The van der Waals surface area contributed by atoms with Crippen molar-refractivity contribution in [3.63, 3.8) is 0 Å². The molecule has 2 aromatic rings. The number of halogens is 1. The van der Waals surface area contributed by atoms with Gasteiger partial charge in [-0.3, -0.25) is 4.79 Å². The zero-order valence-electron chi connectivity index (χ0n) is 11.9. The zero-order valence-corrected chi connectivity index (χ0v) is 14.1. The van der Waals surface area contributed by atoms with E-state index in [0.717, 1.165) is 14.6 Å². The minimum absolute atomic E-state index is 0.0178. The Morgan fingerprint density at radius 3 is 2.80 bits per heavy atom. The van der Waals surface area contributed by atoms with Crippen molar-refractivity contribution in [1.29, 1.82) is 0 Å². The Kier molecular flexibility index (Phi) is 4.22. The summed E-state index contributed by atoms with van der Waals surface area (Å²) in [5, 5.41) is 2.94. The minimum atomic E-state index is -0.213. The second kappa shape index (κ2) is 5.59.